The van der Waals surface area contributed by atoms with Gasteiger partial charge in [0.15, 0.2) is 0 Å². The molecule has 0 aliphatic carbocycles. The predicted octanol–water partition coefficient (Wildman–Crippen LogP) is 6.40. The van der Waals surface area contributed by atoms with Gasteiger partial charge in [-0.2, -0.15) is 0 Å². The Hall–Kier alpha value is -2.32. The van der Waals surface area contributed by atoms with Crippen molar-refractivity contribution in [2.45, 2.75) is 0 Å². The summed E-state index contributed by atoms with van der Waals surface area (Å²) >= 11 is 3.75. The Morgan fingerprint density at radius 2 is 1.35 bits per heavy atom. The Morgan fingerprint density at radius 1 is 0.696 bits per heavy atom. The van der Waals surface area contributed by atoms with Gasteiger partial charge in [-0.15, -0.1) is 0 Å². The molecule has 4 aromatic carbocycles. The van der Waals surface area contributed by atoms with Gasteiger partial charge in [-0.3, -0.25) is 0 Å². The summed E-state index contributed by atoms with van der Waals surface area (Å²) in [6.07, 6.45) is 0. The number of hydrogen-bond donors (Lipinski definition) is 0. The van der Waals surface area contributed by atoms with Crippen LogP contribution in [0.4, 0.5) is 0 Å². The highest BCUT2D eigenvalue weighted by molar-refractivity contribution is 9.10. The van der Waals surface area contributed by atoms with Crippen LogP contribution < -0.4 is 0 Å². The lowest BCUT2D eigenvalue weighted by Crippen LogP contribution is -1.86. The Labute approximate surface area is 142 Å². The van der Waals surface area contributed by atoms with Crippen molar-refractivity contribution in [2.75, 3.05) is 0 Å². The normalized spacial score (nSPS) is 11.9. The van der Waals surface area contributed by atoms with Gasteiger partial charge in [0.2, 0.25) is 0 Å². The summed E-state index contributed by atoms with van der Waals surface area (Å²) in [6, 6.07) is 24.0. The van der Waals surface area contributed by atoms with E-state index in [9.17, 15) is 0 Å². The Kier molecular flexibility index (Phi) is 2.62. The van der Waals surface area contributed by atoms with Crippen LogP contribution >= 0.6 is 15.9 Å². The average molecular weight is 360 g/mol. The van der Waals surface area contributed by atoms with Gasteiger partial charge in [0.25, 0.3) is 0 Å². The molecule has 0 aliphatic rings. The van der Waals surface area contributed by atoms with E-state index in [1.165, 1.54) is 43.4 Å². The van der Waals surface area contributed by atoms with E-state index in [1.807, 2.05) is 0 Å². The Bertz CT molecular complexity index is 1230. The van der Waals surface area contributed by atoms with Crippen molar-refractivity contribution in [3.05, 3.63) is 71.2 Å². The number of benzene rings is 4. The summed E-state index contributed by atoms with van der Waals surface area (Å²) in [4.78, 5) is 0. The minimum absolute atomic E-state index is 1.15. The summed E-state index contributed by atoms with van der Waals surface area (Å²) < 4.78 is 3.45. The molecule has 23 heavy (non-hydrogen) atoms. The van der Waals surface area contributed by atoms with E-state index >= 15 is 0 Å². The number of aromatic nitrogens is 1. The standard InChI is InChI=1S/C21H14BrN/c1-23-18-11-10-13-6-2-3-7-14(13)20(18)21-16-9-5-4-8-15(16)17(22)12-19(21)23/h2-12H,1H3. The molecule has 0 fully saturated rings. The molecule has 0 saturated carbocycles. The average Bonchev–Trinajstić information content (AvgIpc) is 2.88. The summed E-state index contributed by atoms with van der Waals surface area (Å²) in [7, 11) is 2.15. The minimum atomic E-state index is 1.15. The van der Waals surface area contributed by atoms with Gasteiger partial charge in [-0.05, 0) is 33.7 Å². The first-order valence-corrected chi connectivity index (χ1v) is 8.52. The highest BCUT2D eigenvalue weighted by Gasteiger charge is 2.15. The van der Waals surface area contributed by atoms with Gasteiger partial charge in [-0.25, -0.2) is 0 Å². The summed E-state index contributed by atoms with van der Waals surface area (Å²) in [5.41, 5.74) is 2.55. The first kappa shape index (κ1) is 13.1. The zero-order valence-electron chi connectivity index (χ0n) is 12.7. The summed E-state index contributed by atoms with van der Waals surface area (Å²) in [6.45, 7) is 0. The van der Waals surface area contributed by atoms with Crippen molar-refractivity contribution in [3.8, 4) is 0 Å². The zero-order valence-corrected chi connectivity index (χ0v) is 14.3. The molecule has 0 N–H and O–H groups in total. The van der Waals surface area contributed by atoms with Crippen LogP contribution in [0.2, 0.25) is 0 Å². The van der Waals surface area contributed by atoms with E-state index in [4.69, 9.17) is 0 Å². The van der Waals surface area contributed by atoms with Gasteiger partial charge >= 0.3 is 0 Å². The first-order chi connectivity index (χ1) is 11.3. The zero-order chi connectivity index (χ0) is 15.6. The number of hydrogen-bond acceptors (Lipinski definition) is 0. The van der Waals surface area contributed by atoms with E-state index in [1.54, 1.807) is 0 Å². The fraction of sp³-hybridized carbons (Fsp3) is 0.0476. The van der Waals surface area contributed by atoms with Crippen LogP contribution in [0.3, 0.4) is 0 Å². The smallest absolute Gasteiger partial charge is 0.0506 e. The summed E-state index contributed by atoms with van der Waals surface area (Å²) in [5, 5.41) is 7.88. The fourth-order valence-corrected chi connectivity index (χ4v) is 4.34. The highest BCUT2D eigenvalue weighted by atomic mass is 79.9. The molecule has 1 nitrogen and oxygen atoms in total. The molecule has 0 bridgehead atoms. The van der Waals surface area contributed by atoms with E-state index in [0.29, 0.717) is 0 Å². The molecule has 0 aliphatic heterocycles. The topological polar surface area (TPSA) is 4.93 Å². The monoisotopic (exact) mass is 359 g/mol. The highest BCUT2D eigenvalue weighted by Crippen LogP contribution is 2.40. The molecule has 0 amide bonds. The lowest BCUT2D eigenvalue weighted by atomic mass is 10.00. The van der Waals surface area contributed by atoms with Gasteiger partial charge in [0, 0.05) is 27.8 Å². The van der Waals surface area contributed by atoms with Crippen LogP contribution in [-0.2, 0) is 7.05 Å². The second-order valence-electron chi connectivity index (χ2n) is 6.04. The Morgan fingerprint density at radius 3 is 2.17 bits per heavy atom. The van der Waals surface area contributed by atoms with E-state index in [0.717, 1.165) is 4.47 Å². The molecule has 110 valence electrons. The molecule has 5 rings (SSSR count). The number of nitrogens with zero attached hydrogens (tertiary/aromatic N) is 1. The van der Waals surface area contributed by atoms with E-state index in [2.05, 4.69) is 94.3 Å². The molecule has 0 saturated heterocycles. The number of rotatable bonds is 0. The largest absolute Gasteiger partial charge is 0.344 e. The second kappa shape index (κ2) is 4.59. The second-order valence-corrected chi connectivity index (χ2v) is 6.89. The van der Waals surface area contributed by atoms with Crippen LogP contribution in [0.25, 0.3) is 43.4 Å². The van der Waals surface area contributed by atoms with Crippen LogP contribution in [-0.4, -0.2) is 4.57 Å². The van der Waals surface area contributed by atoms with E-state index in [-0.39, 0.29) is 0 Å². The number of halogens is 1. The third-order valence-corrected chi connectivity index (χ3v) is 5.51. The van der Waals surface area contributed by atoms with Crippen LogP contribution in [0.5, 0.6) is 0 Å². The lowest BCUT2D eigenvalue weighted by molar-refractivity contribution is 1.01. The molecule has 0 radical (unpaired) electrons. The maximum absolute atomic E-state index is 3.75. The van der Waals surface area contributed by atoms with Gasteiger partial charge in [-0.1, -0.05) is 70.5 Å². The predicted molar refractivity (Wildman–Crippen MR) is 103 cm³/mol. The fourth-order valence-electron chi connectivity index (χ4n) is 3.78. The van der Waals surface area contributed by atoms with Crippen molar-refractivity contribution in [3.63, 3.8) is 0 Å². The van der Waals surface area contributed by atoms with Crippen molar-refractivity contribution in [2.24, 2.45) is 7.05 Å². The minimum Gasteiger partial charge on any atom is -0.344 e. The van der Waals surface area contributed by atoms with Crippen molar-refractivity contribution < 1.29 is 0 Å². The third kappa shape index (κ3) is 1.67. The quantitative estimate of drug-likeness (QED) is 0.301. The molecular weight excluding hydrogens is 346 g/mol. The maximum Gasteiger partial charge on any atom is 0.0506 e. The molecule has 1 aromatic heterocycles. The third-order valence-electron chi connectivity index (χ3n) is 4.85. The van der Waals surface area contributed by atoms with Crippen LogP contribution in [0.1, 0.15) is 0 Å². The van der Waals surface area contributed by atoms with Crippen molar-refractivity contribution in [1.29, 1.82) is 0 Å². The molecule has 0 spiro atoms. The van der Waals surface area contributed by atoms with Gasteiger partial charge in [0.1, 0.15) is 0 Å². The Balaban J connectivity index is 2.21. The van der Waals surface area contributed by atoms with Crippen molar-refractivity contribution >= 4 is 59.3 Å². The molecule has 5 aromatic rings. The van der Waals surface area contributed by atoms with Crippen molar-refractivity contribution in [1.82, 2.24) is 4.57 Å². The molecule has 0 unspecified atom stereocenters. The number of fused-ring (bicyclic) bond motifs is 7. The van der Waals surface area contributed by atoms with Crippen LogP contribution in [0.15, 0.2) is 71.2 Å². The molecular formula is C21H14BrN. The SMILES string of the molecule is Cn1c2ccc3ccccc3c2c2c3ccccc3c(Br)cc21. The van der Waals surface area contributed by atoms with Gasteiger partial charge in [0.05, 0.1) is 5.52 Å². The maximum atomic E-state index is 3.75. The molecule has 2 heteroatoms. The molecule has 0 atom stereocenters. The molecule has 1 heterocycles. The first-order valence-electron chi connectivity index (χ1n) is 7.73. The summed E-state index contributed by atoms with van der Waals surface area (Å²) in [5.74, 6) is 0. The van der Waals surface area contributed by atoms with E-state index < -0.39 is 0 Å². The van der Waals surface area contributed by atoms with Crippen LogP contribution in [0, 0.1) is 0 Å². The lowest BCUT2D eigenvalue weighted by Gasteiger charge is -2.05. The van der Waals surface area contributed by atoms with Gasteiger partial charge < -0.3 is 4.57 Å². The number of aryl methyl sites for hydroxylation is 1.